The van der Waals surface area contributed by atoms with Gasteiger partial charge in [0.2, 0.25) is 0 Å². The highest BCUT2D eigenvalue weighted by Gasteiger charge is 2.39. The molecule has 160 valence electrons. The van der Waals surface area contributed by atoms with Crippen molar-refractivity contribution in [1.29, 1.82) is 0 Å². The smallest absolute Gasteiger partial charge is 0.263 e. The van der Waals surface area contributed by atoms with Crippen molar-refractivity contribution in [2.75, 3.05) is 37.7 Å². The summed E-state index contributed by atoms with van der Waals surface area (Å²) in [6.45, 7) is 3.24. The van der Waals surface area contributed by atoms with Crippen LogP contribution in [0.25, 0.3) is 0 Å². The van der Waals surface area contributed by atoms with Crippen molar-refractivity contribution in [2.45, 2.75) is 25.5 Å². The van der Waals surface area contributed by atoms with E-state index in [-0.39, 0.29) is 30.4 Å². The molecule has 1 unspecified atom stereocenters. The third-order valence-corrected chi connectivity index (χ3v) is 6.20. The summed E-state index contributed by atoms with van der Waals surface area (Å²) < 4.78 is 5.53. The molecule has 8 heteroatoms. The van der Waals surface area contributed by atoms with E-state index in [1.165, 1.54) is 4.90 Å². The highest BCUT2D eigenvalue weighted by molar-refractivity contribution is 6.23. The minimum Gasteiger partial charge on any atom is -0.368 e. The van der Waals surface area contributed by atoms with Crippen LogP contribution in [0.2, 0.25) is 0 Å². The average molecular weight is 420 g/mol. The van der Waals surface area contributed by atoms with E-state index in [4.69, 9.17) is 4.74 Å². The number of imide groups is 1. The summed E-state index contributed by atoms with van der Waals surface area (Å²) in [7, 11) is 0. The number of nitrogens with zero attached hydrogens (tertiary/aromatic N) is 4. The van der Waals surface area contributed by atoms with E-state index < -0.39 is 0 Å². The van der Waals surface area contributed by atoms with Crippen LogP contribution in [0.4, 0.5) is 5.69 Å². The second-order valence-electron chi connectivity index (χ2n) is 8.07. The highest BCUT2D eigenvalue weighted by Crippen LogP contribution is 2.33. The quantitative estimate of drug-likeness (QED) is 0.701. The number of hydrogen-bond acceptors (Lipinski definition) is 6. The molecule has 0 radical (unpaired) electrons. The fraction of sp³-hybridized carbons (Fsp3) is 0.391. The molecule has 2 fully saturated rings. The van der Waals surface area contributed by atoms with Crippen molar-refractivity contribution in [3.63, 3.8) is 0 Å². The van der Waals surface area contributed by atoms with E-state index in [1.807, 2.05) is 17.0 Å². The Kier molecular flexibility index (Phi) is 5.15. The van der Waals surface area contributed by atoms with Crippen LogP contribution in [-0.4, -0.2) is 71.4 Å². The molecule has 0 N–H and O–H groups in total. The van der Waals surface area contributed by atoms with Gasteiger partial charge in [0.05, 0.1) is 23.4 Å². The summed E-state index contributed by atoms with van der Waals surface area (Å²) in [5.74, 6) is -0.485. The molecule has 0 saturated carbocycles. The summed E-state index contributed by atoms with van der Waals surface area (Å²) in [5, 5.41) is 0. The van der Waals surface area contributed by atoms with Crippen molar-refractivity contribution < 1.29 is 19.1 Å². The number of carbonyl (C=O) groups excluding carboxylic acids is 3. The number of benzene rings is 1. The Morgan fingerprint density at radius 2 is 1.81 bits per heavy atom. The van der Waals surface area contributed by atoms with Gasteiger partial charge in [0.25, 0.3) is 17.7 Å². The van der Waals surface area contributed by atoms with Crippen molar-refractivity contribution >= 4 is 23.4 Å². The summed E-state index contributed by atoms with van der Waals surface area (Å²) in [4.78, 5) is 48.0. The van der Waals surface area contributed by atoms with E-state index in [2.05, 4.69) is 9.88 Å². The van der Waals surface area contributed by atoms with Gasteiger partial charge in [-0.2, -0.15) is 0 Å². The lowest BCUT2D eigenvalue weighted by atomic mass is 10.1. The first-order valence-corrected chi connectivity index (χ1v) is 10.7. The Morgan fingerprint density at radius 3 is 2.52 bits per heavy atom. The van der Waals surface area contributed by atoms with Crippen LogP contribution in [0, 0.1) is 0 Å². The van der Waals surface area contributed by atoms with Crippen molar-refractivity contribution in [1.82, 2.24) is 14.8 Å². The molecule has 1 aromatic carbocycles. The van der Waals surface area contributed by atoms with Crippen molar-refractivity contribution in [2.24, 2.45) is 0 Å². The number of anilines is 1. The van der Waals surface area contributed by atoms with Gasteiger partial charge in [-0.25, -0.2) is 0 Å². The molecule has 5 rings (SSSR count). The van der Waals surface area contributed by atoms with Crippen molar-refractivity contribution in [3.8, 4) is 0 Å². The first-order valence-electron chi connectivity index (χ1n) is 10.7. The number of amides is 3. The predicted molar refractivity (Wildman–Crippen MR) is 113 cm³/mol. The third-order valence-electron chi connectivity index (χ3n) is 6.20. The van der Waals surface area contributed by atoms with Gasteiger partial charge in [0.1, 0.15) is 6.10 Å². The van der Waals surface area contributed by atoms with Gasteiger partial charge in [0.15, 0.2) is 0 Å². The molecule has 1 atom stereocenters. The molecule has 1 aromatic heterocycles. The molecule has 3 amide bonds. The fourth-order valence-electron chi connectivity index (χ4n) is 4.54. The molecular weight excluding hydrogens is 396 g/mol. The summed E-state index contributed by atoms with van der Waals surface area (Å²) >= 11 is 0. The Balaban J connectivity index is 1.32. The van der Waals surface area contributed by atoms with Gasteiger partial charge in [0, 0.05) is 45.2 Å². The number of ether oxygens (including phenoxy) is 1. The van der Waals surface area contributed by atoms with E-state index in [1.54, 1.807) is 30.6 Å². The molecule has 0 bridgehead atoms. The number of aromatic nitrogens is 1. The second-order valence-corrected chi connectivity index (χ2v) is 8.07. The minimum absolute atomic E-state index is 0.0604. The number of rotatable bonds is 4. The van der Waals surface area contributed by atoms with Gasteiger partial charge in [-0.3, -0.25) is 24.3 Å². The maximum Gasteiger partial charge on any atom is 0.263 e. The van der Waals surface area contributed by atoms with Crippen LogP contribution in [0.5, 0.6) is 0 Å². The highest BCUT2D eigenvalue weighted by atomic mass is 16.5. The SMILES string of the molecule is O=C(C1CCCO1)N1CCN(c2cccc3c2C(=O)N(Cc2ccncc2)C3=O)CC1. The van der Waals surface area contributed by atoms with Crippen LogP contribution in [-0.2, 0) is 16.1 Å². The van der Waals surface area contributed by atoms with Gasteiger partial charge in [-0.15, -0.1) is 0 Å². The molecule has 3 aliphatic heterocycles. The number of pyridine rings is 1. The van der Waals surface area contributed by atoms with E-state index in [0.29, 0.717) is 43.9 Å². The van der Waals surface area contributed by atoms with E-state index in [0.717, 1.165) is 24.1 Å². The van der Waals surface area contributed by atoms with Crippen LogP contribution in [0.15, 0.2) is 42.7 Å². The van der Waals surface area contributed by atoms with Gasteiger partial charge in [-0.1, -0.05) is 6.07 Å². The largest absolute Gasteiger partial charge is 0.368 e. The Bertz CT molecular complexity index is 1010. The molecule has 0 spiro atoms. The summed E-state index contributed by atoms with van der Waals surface area (Å²) in [5.41, 5.74) is 2.51. The Morgan fingerprint density at radius 1 is 1.03 bits per heavy atom. The monoisotopic (exact) mass is 420 g/mol. The maximum atomic E-state index is 13.2. The predicted octanol–water partition coefficient (Wildman–Crippen LogP) is 1.71. The normalized spacial score (nSPS) is 21.0. The number of hydrogen-bond donors (Lipinski definition) is 0. The molecule has 3 aliphatic rings. The van der Waals surface area contributed by atoms with Gasteiger partial charge >= 0.3 is 0 Å². The van der Waals surface area contributed by atoms with E-state index >= 15 is 0 Å². The lowest BCUT2D eigenvalue weighted by Gasteiger charge is -2.37. The van der Waals surface area contributed by atoms with Gasteiger partial charge < -0.3 is 14.5 Å². The van der Waals surface area contributed by atoms with Gasteiger partial charge in [-0.05, 0) is 42.7 Å². The molecule has 2 saturated heterocycles. The first kappa shape index (κ1) is 19.7. The topological polar surface area (TPSA) is 83.1 Å². The number of piperazine rings is 1. The lowest BCUT2D eigenvalue weighted by Crippen LogP contribution is -2.51. The second kappa shape index (κ2) is 8.11. The van der Waals surface area contributed by atoms with Crippen LogP contribution in [0.1, 0.15) is 39.1 Å². The summed E-state index contributed by atoms with van der Waals surface area (Å²) in [6.07, 6.45) is 4.70. The molecular formula is C23H24N4O4. The fourth-order valence-corrected chi connectivity index (χ4v) is 4.54. The van der Waals surface area contributed by atoms with Crippen LogP contribution < -0.4 is 4.90 Å². The number of carbonyl (C=O) groups is 3. The van der Waals surface area contributed by atoms with E-state index in [9.17, 15) is 14.4 Å². The maximum absolute atomic E-state index is 13.2. The lowest BCUT2D eigenvalue weighted by molar-refractivity contribution is -0.141. The average Bonchev–Trinajstić information content (AvgIpc) is 3.43. The molecule has 2 aromatic rings. The van der Waals surface area contributed by atoms with Crippen LogP contribution in [0.3, 0.4) is 0 Å². The Labute approximate surface area is 180 Å². The molecule has 8 nitrogen and oxygen atoms in total. The molecule has 0 aliphatic carbocycles. The minimum atomic E-state index is -0.312. The zero-order valence-electron chi connectivity index (χ0n) is 17.2. The standard InChI is InChI=1S/C23H24N4O4/c28-21-17-3-1-4-18(20(17)23(30)27(21)15-16-6-8-24-9-7-16)25-10-12-26(13-11-25)22(29)19-5-2-14-31-19/h1,3-4,6-9,19H,2,5,10-15H2. The summed E-state index contributed by atoms with van der Waals surface area (Å²) in [6, 6.07) is 9.02. The molecule has 4 heterocycles. The Hall–Kier alpha value is -3.26. The molecule has 31 heavy (non-hydrogen) atoms. The zero-order valence-corrected chi connectivity index (χ0v) is 17.2. The number of fused-ring (bicyclic) bond motifs is 1. The zero-order chi connectivity index (χ0) is 21.4. The van der Waals surface area contributed by atoms with Crippen molar-refractivity contribution in [3.05, 3.63) is 59.4 Å². The first-order chi connectivity index (χ1) is 15.1. The third kappa shape index (κ3) is 3.57. The van der Waals surface area contributed by atoms with Crippen LogP contribution >= 0.6 is 0 Å².